The summed E-state index contributed by atoms with van der Waals surface area (Å²) in [5.74, 6) is -1.06. The quantitative estimate of drug-likeness (QED) is 0.721. The van der Waals surface area contributed by atoms with Crippen LogP contribution in [-0.4, -0.2) is 30.1 Å². The Kier molecular flexibility index (Phi) is 6.46. The highest BCUT2D eigenvalue weighted by Gasteiger charge is 2.23. The number of amides is 1. The highest BCUT2D eigenvalue weighted by atomic mass is 16.5. The van der Waals surface area contributed by atoms with Crippen LogP contribution in [0, 0.1) is 0 Å². The zero-order valence-corrected chi connectivity index (χ0v) is 12.3. The molecule has 0 fully saturated rings. The molecule has 1 aromatic rings. The third-order valence-corrected chi connectivity index (χ3v) is 3.28. The van der Waals surface area contributed by atoms with Crippen molar-refractivity contribution in [1.82, 2.24) is 5.32 Å². The summed E-state index contributed by atoms with van der Waals surface area (Å²) < 4.78 is 5.06. The molecule has 0 spiro atoms. The zero-order valence-electron chi connectivity index (χ0n) is 12.3. The normalized spacial score (nSPS) is 13.0. The molecule has 1 amide bonds. The lowest BCUT2D eigenvalue weighted by Crippen LogP contribution is -2.42. The van der Waals surface area contributed by atoms with Crippen molar-refractivity contribution in [2.24, 2.45) is 0 Å². The van der Waals surface area contributed by atoms with E-state index in [4.69, 9.17) is 9.84 Å². The summed E-state index contributed by atoms with van der Waals surface area (Å²) in [6.45, 7) is 5.29. The van der Waals surface area contributed by atoms with Crippen LogP contribution < -0.4 is 10.1 Å². The molecule has 5 heteroatoms. The number of ether oxygens (including phenoxy) is 1. The van der Waals surface area contributed by atoms with Gasteiger partial charge in [-0.15, -0.1) is 6.58 Å². The molecule has 2 N–H and O–H groups in total. The minimum Gasteiger partial charge on any atom is -0.497 e. The van der Waals surface area contributed by atoms with Crippen molar-refractivity contribution in [1.29, 1.82) is 0 Å². The summed E-state index contributed by atoms with van der Waals surface area (Å²) >= 11 is 0. The number of hydrogen-bond donors (Lipinski definition) is 2. The van der Waals surface area contributed by atoms with E-state index in [1.54, 1.807) is 44.4 Å². The lowest BCUT2D eigenvalue weighted by molar-refractivity contribution is -0.142. The van der Waals surface area contributed by atoms with E-state index in [0.717, 1.165) is 5.56 Å². The molecule has 0 radical (unpaired) electrons. The summed E-state index contributed by atoms with van der Waals surface area (Å²) in [6.07, 6.45) is 2.50. The molecular formula is C16H21NO4. The van der Waals surface area contributed by atoms with Crippen LogP contribution in [0.25, 0.3) is 0 Å². The Balaban J connectivity index is 2.71. The second-order valence-electron chi connectivity index (χ2n) is 4.76. The van der Waals surface area contributed by atoms with Gasteiger partial charge in [0.1, 0.15) is 11.8 Å². The van der Waals surface area contributed by atoms with E-state index in [0.29, 0.717) is 18.6 Å². The third kappa shape index (κ3) is 4.95. The Morgan fingerprint density at radius 3 is 2.48 bits per heavy atom. The minimum atomic E-state index is -1.04. The van der Waals surface area contributed by atoms with Gasteiger partial charge in [-0.2, -0.15) is 0 Å². The van der Waals surface area contributed by atoms with Crippen molar-refractivity contribution in [2.75, 3.05) is 7.11 Å². The van der Waals surface area contributed by atoms with Gasteiger partial charge in [0.15, 0.2) is 0 Å². The topological polar surface area (TPSA) is 75.6 Å². The summed E-state index contributed by atoms with van der Waals surface area (Å²) in [6, 6.07) is 6.23. The van der Waals surface area contributed by atoms with Crippen LogP contribution in [0.2, 0.25) is 0 Å². The number of carbonyl (C=O) groups excluding carboxylic acids is 1. The number of allylic oxidation sites excluding steroid dienone is 1. The van der Waals surface area contributed by atoms with Gasteiger partial charge in [0.2, 0.25) is 5.91 Å². The van der Waals surface area contributed by atoms with Gasteiger partial charge in [-0.3, -0.25) is 4.79 Å². The molecule has 5 nitrogen and oxygen atoms in total. The number of rotatable bonds is 8. The zero-order chi connectivity index (χ0) is 15.8. The summed E-state index contributed by atoms with van der Waals surface area (Å²) in [5, 5.41) is 11.7. The number of carboxylic acid groups (broad SMARTS) is 1. The van der Waals surface area contributed by atoms with Gasteiger partial charge in [0.05, 0.1) is 13.0 Å². The molecular weight excluding hydrogens is 270 g/mol. The highest BCUT2D eigenvalue weighted by Crippen LogP contribution is 2.19. The maximum Gasteiger partial charge on any atom is 0.326 e. The van der Waals surface area contributed by atoms with Crippen LogP contribution in [0.3, 0.4) is 0 Å². The van der Waals surface area contributed by atoms with Crippen molar-refractivity contribution < 1.29 is 19.4 Å². The first-order valence-corrected chi connectivity index (χ1v) is 6.77. The van der Waals surface area contributed by atoms with Crippen molar-refractivity contribution in [3.63, 3.8) is 0 Å². The third-order valence-electron chi connectivity index (χ3n) is 3.28. The van der Waals surface area contributed by atoms with Crippen molar-refractivity contribution in [3.05, 3.63) is 42.5 Å². The van der Waals surface area contributed by atoms with Gasteiger partial charge in [-0.05, 0) is 37.5 Å². The first kappa shape index (κ1) is 16.8. The van der Waals surface area contributed by atoms with E-state index in [2.05, 4.69) is 11.9 Å². The molecule has 2 unspecified atom stereocenters. The lowest BCUT2D eigenvalue weighted by atomic mass is 9.99. The largest absolute Gasteiger partial charge is 0.497 e. The van der Waals surface area contributed by atoms with Crippen molar-refractivity contribution >= 4 is 11.9 Å². The van der Waals surface area contributed by atoms with Crippen LogP contribution in [0.15, 0.2) is 36.9 Å². The van der Waals surface area contributed by atoms with Crippen LogP contribution in [0.5, 0.6) is 5.75 Å². The SMILES string of the molecule is C=CCCC(NC(=O)C(C)c1ccc(OC)cc1)C(=O)O. The van der Waals surface area contributed by atoms with Crippen molar-refractivity contribution in [3.8, 4) is 5.75 Å². The van der Waals surface area contributed by atoms with E-state index in [1.807, 2.05) is 0 Å². The molecule has 1 aromatic carbocycles. The molecule has 114 valence electrons. The number of benzene rings is 1. The fraction of sp³-hybridized carbons (Fsp3) is 0.375. The Bertz CT molecular complexity index is 496. The predicted octanol–water partition coefficient (Wildman–Crippen LogP) is 2.33. The lowest BCUT2D eigenvalue weighted by Gasteiger charge is -2.17. The molecule has 0 saturated heterocycles. The summed E-state index contributed by atoms with van der Waals surface area (Å²) in [5.41, 5.74) is 0.807. The molecule has 1 rings (SSSR count). The molecule has 2 atom stereocenters. The number of nitrogens with one attached hydrogen (secondary N) is 1. The van der Waals surface area contributed by atoms with Gasteiger partial charge < -0.3 is 15.2 Å². The van der Waals surface area contributed by atoms with Gasteiger partial charge in [0.25, 0.3) is 0 Å². The Labute approximate surface area is 124 Å². The predicted molar refractivity (Wildman–Crippen MR) is 80.4 cm³/mol. The molecule has 0 aromatic heterocycles. The Morgan fingerprint density at radius 2 is 2.00 bits per heavy atom. The second-order valence-corrected chi connectivity index (χ2v) is 4.76. The number of carboxylic acids is 1. The molecule has 21 heavy (non-hydrogen) atoms. The van der Waals surface area contributed by atoms with Crippen LogP contribution in [0.4, 0.5) is 0 Å². The fourth-order valence-electron chi connectivity index (χ4n) is 1.88. The van der Waals surface area contributed by atoms with Gasteiger partial charge in [-0.1, -0.05) is 18.2 Å². The van der Waals surface area contributed by atoms with Gasteiger partial charge in [-0.25, -0.2) is 4.79 Å². The van der Waals surface area contributed by atoms with E-state index in [1.165, 1.54) is 0 Å². The maximum atomic E-state index is 12.1. The Morgan fingerprint density at radius 1 is 1.38 bits per heavy atom. The molecule has 0 aliphatic heterocycles. The molecule has 0 bridgehead atoms. The minimum absolute atomic E-state index is 0.309. The van der Waals surface area contributed by atoms with Crippen LogP contribution in [-0.2, 0) is 9.59 Å². The van der Waals surface area contributed by atoms with Gasteiger partial charge >= 0.3 is 5.97 Å². The molecule has 0 aliphatic rings. The van der Waals surface area contributed by atoms with E-state index >= 15 is 0 Å². The van der Waals surface area contributed by atoms with Crippen molar-refractivity contribution in [2.45, 2.75) is 31.7 Å². The second kappa shape index (κ2) is 8.09. The number of methoxy groups -OCH3 is 1. The average molecular weight is 291 g/mol. The van der Waals surface area contributed by atoms with E-state index in [9.17, 15) is 9.59 Å². The van der Waals surface area contributed by atoms with Crippen LogP contribution >= 0.6 is 0 Å². The highest BCUT2D eigenvalue weighted by molar-refractivity contribution is 5.87. The molecule has 0 heterocycles. The van der Waals surface area contributed by atoms with E-state index < -0.39 is 17.9 Å². The Hall–Kier alpha value is -2.30. The first-order valence-electron chi connectivity index (χ1n) is 6.77. The smallest absolute Gasteiger partial charge is 0.326 e. The fourth-order valence-corrected chi connectivity index (χ4v) is 1.88. The van der Waals surface area contributed by atoms with E-state index in [-0.39, 0.29) is 5.91 Å². The van der Waals surface area contributed by atoms with Gasteiger partial charge in [0, 0.05) is 0 Å². The average Bonchev–Trinajstić information content (AvgIpc) is 2.50. The summed E-state index contributed by atoms with van der Waals surface area (Å²) in [4.78, 5) is 23.3. The standard InChI is InChI=1S/C16H21NO4/c1-4-5-6-14(16(19)20)17-15(18)11(2)12-7-9-13(21-3)10-8-12/h4,7-11,14H,1,5-6H2,2-3H3,(H,17,18)(H,19,20). The monoisotopic (exact) mass is 291 g/mol. The number of aliphatic carboxylic acids is 1. The van der Waals surface area contributed by atoms with Crippen LogP contribution in [0.1, 0.15) is 31.2 Å². The maximum absolute atomic E-state index is 12.1. The first-order chi connectivity index (χ1) is 9.99. The summed E-state index contributed by atoms with van der Waals surface area (Å²) in [7, 11) is 1.57. The number of carbonyl (C=O) groups is 2. The molecule has 0 saturated carbocycles. The molecule has 0 aliphatic carbocycles. The number of hydrogen-bond acceptors (Lipinski definition) is 3.